The highest BCUT2D eigenvalue weighted by Gasteiger charge is 2.38. The summed E-state index contributed by atoms with van der Waals surface area (Å²) in [6, 6.07) is 12.1. The molecule has 0 saturated heterocycles. The maximum Gasteiger partial charge on any atom is 0.252 e. The van der Waals surface area contributed by atoms with E-state index in [0.29, 0.717) is 11.3 Å². The Hall–Kier alpha value is -2.64. The molecule has 1 fully saturated rings. The zero-order chi connectivity index (χ0) is 20.8. The minimum Gasteiger partial charge on any atom is -0.497 e. The summed E-state index contributed by atoms with van der Waals surface area (Å²) in [6.45, 7) is 4.01. The number of nitrogens with one attached hydrogen (secondary N) is 1. The van der Waals surface area contributed by atoms with Gasteiger partial charge in [-0.3, -0.25) is 4.79 Å². The maximum absolute atomic E-state index is 13.3. The molecule has 0 radical (unpaired) electrons. The number of pyridine rings is 1. The van der Waals surface area contributed by atoms with Gasteiger partial charge >= 0.3 is 0 Å². The van der Waals surface area contributed by atoms with Crippen molar-refractivity contribution in [3.05, 3.63) is 69.5 Å². The second kappa shape index (κ2) is 7.31. The van der Waals surface area contributed by atoms with Crippen LogP contribution in [0.15, 0.2) is 52.2 Å². The number of aromatic nitrogens is 1. The van der Waals surface area contributed by atoms with E-state index >= 15 is 0 Å². The van der Waals surface area contributed by atoms with Crippen molar-refractivity contribution in [3.8, 4) is 5.75 Å². The van der Waals surface area contributed by atoms with Gasteiger partial charge in [-0.25, -0.2) is 8.42 Å². The van der Waals surface area contributed by atoms with Gasteiger partial charge in [0.1, 0.15) is 5.75 Å². The highest BCUT2D eigenvalue weighted by molar-refractivity contribution is 7.89. The van der Waals surface area contributed by atoms with Gasteiger partial charge in [0.25, 0.3) is 5.56 Å². The summed E-state index contributed by atoms with van der Waals surface area (Å²) in [5.74, 6) is 0.596. The molecule has 3 aromatic rings. The number of methoxy groups -OCH3 is 1. The average Bonchev–Trinajstić information content (AvgIpc) is 3.52. The Morgan fingerprint density at radius 2 is 1.79 bits per heavy atom. The molecule has 29 heavy (non-hydrogen) atoms. The molecule has 0 atom stereocenters. The Kier molecular flexibility index (Phi) is 4.96. The van der Waals surface area contributed by atoms with Crippen molar-refractivity contribution in [1.29, 1.82) is 0 Å². The highest BCUT2D eigenvalue weighted by Crippen LogP contribution is 2.34. The van der Waals surface area contributed by atoms with Crippen LogP contribution >= 0.6 is 0 Å². The van der Waals surface area contributed by atoms with Gasteiger partial charge in [0.15, 0.2) is 0 Å². The summed E-state index contributed by atoms with van der Waals surface area (Å²) in [4.78, 5) is 15.8. The predicted octanol–water partition coefficient (Wildman–Crippen LogP) is 3.51. The zero-order valence-corrected chi connectivity index (χ0v) is 17.5. The van der Waals surface area contributed by atoms with Crippen LogP contribution < -0.4 is 10.3 Å². The molecule has 0 unspecified atom stereocenters. The largest absolute Gasteiger partial charge is 0.497 e. The Labute approximate surface area is 170 Å². The quantitative estimate of drug-likeness (QED) is 0.672. The molecule has 1 saturated carbocycles. The number of sulfonamides is 1. The monoisotopic (exact) mass is 412 g/mol. The van der Waals surface area contributed by atoms with Crippen molar-refractivity contribution in [2.24, 2.45) is 0 Å². The molecule has 152 valence electrons. The fourth-order valence-corrected chi connectivity index (χ4v) is 5.34. The molecule has 1 aliphatic carbocycles. The lowest BCUT2D eigenvalue weighted by atomic mass is 10.1. The molecule has 1 aromatic heterocycles. The molecule has 6 nitrogen and oxygen atoms in total. The lowest BCUT2D eigenvalue weighted by molar-refractivity contribution is 0.396. The van der Waals surface area contributed by atoms with E-state index in [2.05, 4.69) is 4.98 Å². The Morgan fingerprint density at radius 3 is 2.41 bits per heavy atom. The number of aryl methyl sites for hydroxylation is 2. The molecule has 1 aliphatic rings. The smallest absolute Gasteiger partial charge is 0.252 e. The van der Waals surface area contributed by atoms with E-state index in [1.54, 1.807) is 24.3 Å². The SMILES string of the molecule is COc1ccc(S(=O)(=O)N(Cc2cc3cc(C)cc(C)c3[nH]c2=O)C2CC2)cc1. The normalized spacial score (nSPS) is 14.5. The number of fused-ring (bicyclic) bond motifs is 1. The average molecular weight is 413 g/mol. The first-order valence-electron chi connectivity index (χ1n) is 9.58. The Bertz CT molecular complexity index is 1230. The van der Waals surface area contributed by atoms with Gasteiger partial charge in [-0.15, -0.1) is 0 Å². The van der Waals surface area contributed by atoms with E-state index < -0.39 is 10.0 Å². The van der Waals surface area contributed by atoms with Gasteiger partial charge in [0.05, 0.1) is 17.5 Å². The lowest BCUT2D eigenvalue weighted by Gasteiger charge is -2.22. The number of aromatic amines is 1. The van der Waals surface area contributed by atoms with Crippen molar-refractivity contribution in [1.82, 2.24) is 9.29 Å². The van der Waals surface area contributed by atoms with Crippen LogP contribution in [0, 0.1) is 13.8 Å². The van der Waals surface area contributed by atoms with Crippen LogP contribution in [-0.2, 0) is 16.6 Å². The third-order valence-corrected chi connectivity index (χ3v) is 7.23. The summed E-state index contributed by atoms with van der Waals surface area (Å²) in [6.07, 6.45) is 1.61. The van der Waals surface area contributed by atoms with Gasteiger partial charge in [-0.2, -0.15) is 4.31 Å². The standard InChI is InChI=1S/C22H24N2O4S/c1-14-10-15(2)21-16(11-14)12-17(22(25)23-21)13-24(18-4-5-18)29(26,27)20-8-6-19(28-3)7-9-20/h6-12,18H,4-5,13H2,1-3H3,(H,23,25). The number of rotatable bonds is 6. The number of ether oxygens (including phenoxy) is 1. The third-order valence-electron chi connectivity index (χ3n) is 5.32. The minimum absolute atomic E-state index is 0.0529. The second-order valence-corrected chi connectivity index (χ2v) is 9.52. The fraction of sp³-hybridized carbons (Fsp3) is 0.318. The summed E-state index contributed by atoms with van der Waals surface area (Å²) in [5.41, 5.74) is 3.08. The van der Waals surface area contributed by atoms with Crippen LogP contribution in [0.2, 0.25) is 0 Å². The molecule has 2 aromatic carbocycles. The molecule has 7 heteroatoms. The van der Waals surface area contributed by atoms with E-state index in [1.165, 1.54) is 11.4 Å². The van der Waals surface area contributed by atoms with E-state index in [4.69, 9.17) is 4.74 Å². The highest BCUT2D eigenvalue weighted by atomic mass is 32.2. The molecule has 0 spiro atoms. The Balaban J connectivity index is 1.73. The molecule has 1 N–H and O–H groups in total. The second-order valence-electron chi connectivity index (χ2n) is 7.63. The molecule has 4 rings (SSSR count). The van der Waals surface area contributed by atoms with Crippen LogP contribution in [0.4, 0.5) is 0 Å². The molecular formula is C22H24N2O4S. The number of nitrogens with zero attached hydrogens (tertiary/aromatic N) is 1. The summed E-state index contributed by atoms with van der Waals surface area (Å²) in [7, 11) is -2.19. The third kappa shape index (κ3) is 3.80. The first kappa shape index (κ1) is 19.7. The van der Waals surface area contributed by atoms with Gasteiger partial charge in [0, 0.05) is 18.2 Å². The molecule has 0 aliphatic heterocycles. The van der Waals surface area contributed by atoms with Crippen LogP contribution in [0.3, 0.4) is 0 Å². The number of H-pyrrole nitrogens is 1. The van der Waals surface area contributed by atoms with Crippen molar-refractivity contribution in [2.45, 2.75) is 44.2 Å². The number of benzene rings is 2. The fourth-order valence-electron chi connectivity index (χ4n) is 3.67. The first-order valence-corrected chi connectivity index (χ1v) is 11.0. The maximum atomic E-state index is 13.3. The summed E-state index contributed by atoms with van der Waals surface area (Å²) in [5, 5.41) is 0.912. The van der Waals surface area contributed by atoms with Crippen LogP contribution in [0.25, 0.3) is 10.9 Å². The minimum atomic E-state index is -3.72. The van der Waals surface area contributed by atoms with E-state index in [1.807, 2.05) is 32.0 Å². The molecular weight excluding hydrogens is 388 g/mol. The Morgan fingerprint density at radius 1 is 1.10 bits per heavy atom. The van der Waals surface area contributed by atoms with Crippen LogP contribution in [0.5, 0.6) is 5.75 Å². The first-order chi connectivity index (χ1) is 13.8. The van der Waals surface area contributed by atoms with Gasteiger partial charge in [-0.05, 0) is 74.0 Å². The van der Waals surface area contributed by atoms with E-state index in [0.717, 1.165) is 34.9 Å². The molecule has 0 amide bonds. The van der Waals surface area contributed by atoms with Crippen LogP contribution in [0.1, 0.15) is 29.5 Å². The van der Waals surface area contributed by atoms with E-state index in [-0.39, 0.29) is 23.0 Å². The molecule has 1 heterocycles. The summed E-state index contributed by atoms with van der Waals surface area (Å²) < 4.78 is 33.1. The molecule has 0 bridgehead atoms. The number of hydrogen-bond acceptors (Lipinski definition) is 4. The van der Waals surface area contributed by atoms with Crippen molar-refractivity contribution < 1.29 is 13.2 Å². The summed E-state index contributed by atoms with van der Waals surface area (Å²) >= 11 is 0. The van der Waals surface area contributed by atoms with Crippen molar-refractivity contribution in [3.63, 3.8) is 0 Å². The predicted molar refractivity (Wildman–Crippen MR) is 113 cm³/mol. The van der Waals surface area contributed by atoms with Gasteiger partial charge in [-0.1, -0.05) is 11.6 Å². The lowest BCUT2D eigenvalue weighted by Crippen LogP contribution is -2.34. The van der Waals surface area contributed by atoms with Crippen molar-refractivity contribution >= 4 is 20.9 Å². The topological polar surface area (TPSA) is 79.5 Å². The van der Waals surface area contributed by atoms with Crippen LogP contribution in [-0.4, -0.2) is 30.9 Å². The zero-order valence-electron chi connectivity index (χ0n) is 16.7. The van der Waals surface area contributed by atoms with Gasteiger partial charge < -0.3 is 9.72 Å². The van der Waals surface area contributed by atoms with Crippen molar-refractivity contribution in [2.75, 3.05) is 7.11 Å². The van der Waals surface area contributed by atoms with Gasteiger partial charge in [0.2, 0.25) is 10.0 Å². The number of hydrogen-bond donors (Lipinski definition) is 1. The van der Waals surface area contributed by atoms with E-state index in [9.17, 15) is 13.2 Å².